The summed E-state index contributed by atoms with van der Waals surface area (Å²) >= 11 is 0. The highest BCUT2D eigenvalue weighted by atomic mass is 19.5. The summed E-state index contributed by atoms with van der Waals surface area (Å²) in [4.78, 5) is 25.4. The van der Waals surface area contributed by atoms with E-state index in [2.05, 4.69) is 51.3 Å². The molecule has 0 fully saturated rings. The second-order valence-corrected chi connectivity index (χ2v) is 16.6. The number of halogens is 4. The second kappa shape index (κ2) is 38.1. The Kier molecular flexibility index (Phi) is 36.7. The fourth-order valence-electron chi connectivity index (χ4n) is 7.69. The molecule has 0 radical (unpaired) electrons. The molecule has 334 valence electrons. The van der Waals surface area contributed by atoms with Gasteiger partial charge in [-0.2, -0.15) is 4.57 Å². The van der Waals surface area contributed by atoms with Crippen LogP contribution in [0.1, 0.15) is 242 Å². The first kappa shape index (κ1) is 54.9. The van der Waals surface area contributed by atoms with E-state index in [1.165, 1.54) is 173 Å². The van der Waals surface area contributed by atoms with Gasteiger partial charge in [-0.25, -0.2) is 0 Å². The van der Waals surface area contributed by atoms with Gasteiger partial charge in [0.15, 0.2) is 24.6 Å². The summed E-state index contributed by atoms with van der Waals surface area (Å²) < 4.78 is 52.7. The predicted molar refractivity (Wildman–Crippen MR) is 231 cm³/mol. The molecule has 0 aliphatic carbocycles. The number of unbranched alkanes of at least 4 members (excludes halogenated alkanes) is 28. The number of carbonyl (C=O) groups is 2. The third kappa shape index (κ3) is 37.9. The summed E-state index contributed by atoms with van der Waals surface area (Å²) in [6.07, 6.45) is 40.2. The first-order valence-corrected chi connectivity index (χ1v) is 23.6. The van der Waals surface area contributed by atoms with Crippen LogP contribution in [0.4, 0.5) is 17.3 Å². The molecule has 0 bridgehead atoms. The van der Waals surface area contributed by atoms with E-state index >= 15 is 0 Å². The van der Waals surface area contributed by atoms with Crippen LogP contribution in [-0.4, -0.2) is 32.4 Å². The maximum absolute atomic E-state index is 12.7. The van der Waals surface area contributed by atoms with Gasteiger partial charge in [-0.05, 0) is 25.3 Å². The molecular formula is C47H86BF4NO4. The third-order valence-corrected chi connectivity index (χ3v) is 10.8. The Bertz CT molecular complexity index is 1020. The number of rotatable bonds is 37. The third-order valence-electron chi connectivity index (χ3n) is 10.8. The fourth-order valence-corrected chi connectivity index (χ4v) is 7.69. The van der Waals surface area contributed by atoms with E-state index in [0.717, 1.165) is 37.1 Å². The quantitative estimate of drug-likeness (QED) is 0.0221. The number of aromatic nitrogens is 1. The molecule has 0 unspecified atom stereocenters. The molecule has 0 atom stereocenters. The minimum absolute atomic E-state index is 0.146. The molecule has 0 N–H and O–H groups in total. The molecule has 57 heavy (non-hydrogen) atoms. The van der Waals surface area contributed by atoms with Gasteiger partial charge >= 0.3 is 19.2 Å². The van der Waals surface area contributed by atoms with Gasteiger partial charge in [0.05, 0.1) is 0 Å². The minimum atomic E-state index is -6.00. The van der Waals surface area contributed by atoms with Crippen LogP contribution in [0.2, 0.25) is 0 Å². The van der Waals surface area contributed by atoms with Crippen LogP contribution in [0.3, 0.4) is 0 Å². The lowest BCUT2D eigenvalue weighted by molar-refractivity contribution is -0.736. The van der Waals surface area contributed by atoms with Crippen molar-refractivity contribution in [3.8, 4) is 0 Å². The zero-order valence-corrected chi connectivity index (χ0v) is 37.4. The lowest BCUT2D eigenvalue weighted by atomic mass is 10.0. The normalized spacial score (nSPS) is 11.5. The Morgan fingerprint density at radius 2 is 0.702 bits per heavy atom. The van der Waals surface area contributed by atoms with Crippen molar-refractivity contribution in [2.45, 2.75) is 246 Å². The smallest absolute Gasteiger partial charge is 0.458 e. The van der Waals surface area contributed by atoms with Crippen molar-refractivity contribution >= 4 is 19.2 Å². The van der Waals surface area contributed by atoms with E-state index in [1.54, 1.807) is 0 Å². The molecule has 0 saturated carbocycles. The van der Waals surface area contributed by atoms with Crippen LogP contribution in [0.15, 0.2) is 12.1 Å². The molecule has 0 saturated heterocycles. The summed E-state index contributed by atoms with van der Waals surface area (Å²) in [5.74, 6) is -0.293. The largest absolute Gasteiger partial charge is 0.673 e. The molecule has 0 aliphatic heterocycles. The molecule has 0 amide bonds. The van der Waals surface area contributed by atoms with Crippen molar-refractivity contribution < 1.29 is 40.9 Å². The topological polar surface area (TPSA) is 56.5 Å². The second-order valence-electron chi connectivity index (χ2n) is 16.6. The first-order chi connectivity index (χ1) is 27.4. The van der Waals surface area contributed by atoms with Gasteiger partial charge in [0, 0.05) is 38.8 Å². The number of esters is 2. The maximum Gasteiger partial charge on any atom is 0.673 e. The molecule has 1 heterocycles. The molecule has 1 aromatic heterocycles. The lowest BCUT2D eigenvalue weighted by Gasteiger charge is -2.17. The van der Waals surface area contributed by atoms with E-state index in [0.29, 0.717) is 12.8 Å². The van der Waals surface area contributed by atoms with Gasteiger partial charge < -0.3 is 26.7 Å². The van der Waals surface area contributed by atoms with E-state index in [4.69, 9.17) is 9.47 Å². The first-order valence-electron chi connectivity index (χ1n) is 23.6. The van der Waals surface area contributed by atoms with Gasteiger partial charge in [-0.3, -0.25) is 9.59 Å². The van der Waals surface area contributed by atoms with Crippen LogP contribution in [0.5, 0.6) is 0 Å². The van der Waals surface area contributed by atoms with Crippen molar-refractivity contribution in [1.82, 2.24) is 0 Å². The summed E-state index contributed by atoms with van der Waals surface area (Å²) in [7, 11) is -6.00. The van der Waals surface area contributed by atoms with Crippen LogP contribution < -0.4 is 4.57 Å². The lowest BCUT2D eigenvalue weighted by Crippen LogP contribution is -2.50. The highest BCUT2D eigenvalue weighted by Crippen LogP contribution is 2.17. The average Bonchev–Trinajstić information content (AvgIpc) is 3.14. The van der Waals surface area contributed by atoms with Crippen molar-refractivity contribution in [3.63, 3.8) is 0 Å². The molecule has 10 heteroatoms. The van der Waals surface area contributed by atoms with E-state index in [-0.39, 0.29) is 31.2 Å². The Balaban J connectivity index is 0.00000587. The van der Waals surface area contributed by atoms with Crippen molar-refractivity contribution in [1.29, 1.82) is 0 Å². The Hall–Kier alpha value is -2.13. The minimum Gasteiger partial charge on any atom is -0.458 e. The van der Waals surface area contributed by atoms with Crippen molar-refractivity contribution in [2.75, 3.05) is 13.2 Å². The van der Waals surface area contributed by atoms with E-state index in [1.807, 2.05) is 0 Å². The zero-order chi connectivity index (χ0) is 42.4. The molecule has 1 aromatic rings. The highest BCUT2D eigenvalue weighted by molar-refractivity contribution is 6.50. The summed E-state index contributed by atoms with van der Waals surface area (Å²) in [6.45, 7) is 11.2. The van der Waals surface area contributed by atoms with Crippen molar-refractivity contribution in [2.24, 2.45) is 0 Å². The Labute approximate surface area is 347 Å². The fraction of sp³-hybridized carbons (Fsp3) is 0.851. The monoisotopic (exact) mass is 816 g/mol. The number of carbonyl (C=O) groups excluding carboxylic acids is 2. The summed E-state index contributed by atoms with van der Waals surface area (Å²) in [6, 6.07) is 4.04. The molecule has 1 rings (SSSR count). The molecule has 0 aliphatic rings. The number of hydrogen-bond donors (Lipinski definition) is 0. The number of nitrogens with zero attached hydrogens (tertiary/aromatic N) is 1. The van der Waals surface area contributed by atoms with Gasteiger partial charge in [-0.1, -0.05) is 194 Å². The predicted octanol–water partition coefficient (Wildman–Crippen LogP) is 15.3. The average molecular weight is 816 g/mol. The molecule has 0 spiro atoms. The highest BCUT2D eigenvalue weighted by Gasteiger charge is 2.27. The van der Waals surface area contributed by atoms with Crippen molar-refractivity contribution in [3.05, 3.63) is 29.1 Å². The number of hydrogen-bond acceptors (Lipinski definition) is 4. The van der Waals surface area contributed by atoms with Gasteiger partial charge in [0.25, 0.3) is 0 Å². The SMILES string of the molecule is CCCCCCCCCCCCCCCCCC(=O)OCC(COC(=O)CCCCCCCCCCCCCCCCC)[n+]1c(C)cc(C)cc1C.F[B-](F)(F)F. The van der Waals surface area contributed by atoms with Crippen LogP contribution >= 0.6 is 0 Å². The number of aryl methyl sites for hydroxylation is 3. The van der Waals surface area contributed by atoms with Crippen LogP contribution in [-0.2, 0) is 19.1 Å². The van der Waals surface area contributed by atoms with E-state index < -0.39 is 7.25 Å². The van der Waals surface area contributed by atoms with Gasteiger partial charge in [0.2, 0.25) is 6.04 Å². The number of ether oxygens (including phenoxy) is 2. The maximum atomic E-state index is 12.7. The Morgan fingerprint density at radius 3 is 0.947 bits per heavy atom. The van der Waals surface area contributed by atoms with E-state index in [9.17, 15) is 26.9 Å². The zero-order valence-electron chi connectivity index (χ0n) is 37.4. The summed E-state index contributed by atoms with van der Waals surface area (Å²) in [5, 5.41) is 0. The van der Waals surface area contributed by atoms with Gasteiger partial charge in [-0.15, -0.1) is 0 Å². The van der Waals surface area contributed by atoms with Crippen LogP contribution in [0, 0.1) is 20.8 Å². The standard InChI is InChI=1S/C47H86NO4.BF4/c1-6-8-10-12-14-16-18-20-22-24-26-28-30-32-34-36-46(49)51-40-45(48-43(4)38-42(3)39-44(48)5)41-52-47(50)37-35-33-31-29-27-25-23-21-19-17-15-13-11-9-7-2;2-1(3,4)5/h38-39,45H,6-37,40-41H2,1-5H3;/q+1;-1. The van der Waals surface area contributed by atoms with Gasteiger partial charge in [0.1, 0.15) is 0 Å². The molecular weight excluding hydrogens is 729 g/mol. The molecule has 0 aromatic carbocycles. The van der Waals surface area contributed by atoms with Crippen LogP contribution in [0.25, 0.3) is 0 Å². The number of pyridine rings is 1. The summed E-state index contributed by atoms with van der Waals surface area (Å²) in [5.41, 5.74) is 3.36. The molecule has 5 nitrogen and oxygen atoms in total. The Morgan fingerprint density at radius 1 is 0.474 bits per heavy atom.